The van der Waals surface area contributed by atoms with E-state index >= 15 is 0 Å². The molecule has 1 atom stereocenters. The molecule has 0 heterocycles. The minimum Gasteiger partial charge on any atom is -0.381 e. The summed E-state index contributed by atoms with van der Waals surface area (Å²) in [6.45, 7) is 5.06. The minimum atomic E-state index is -0.252. The van der Waals surface area contributed by atoms with Gasteiger partial charge in [0.25, 0.3) is 0 Å². The molecular weight excluding hydrogens is 142 g/mol. The first kappa shape index (κ1) is 10.4. The van der Waals surface area contributed by atoms with E-state index in [1.165, 1.54) is 0 Å². The van der Waals surface area contributed by atoms with Gasteiger partial charge in [0.15, 0.2) is 0 Å². The molecule has 0 aliphatic rings. The quantitative estimate of drug-likeness (QED) is 0.579. The highest BCUT2D eigenvalue weighted by Crippen LogP contribution is 2.02. The zero-order valence-electron chi connectivity index (χ0n) is 7.17. The van der Waals surface area contributed by atoms with Gasteiger partial charge in [0.05, 0.1) is 0 Å². The van der Waals surface area contributed by atoms with Crippen molar-refractivity contribution in [3.63, 3.8) is 0 Å². The minimum absolute atomic E-state index is 0.0737. The molecule has 0 fully saturated rings. The maximum Gasteiger partial charge on any atom is 0.220 e. The normalized spacial score (nSPS) is 12.9. The maximum atomic E-state index is 10.5. The van der Waals surface area contributed by atoms with Crippen LogP contribution in [0.1, 0.15) is 20.3 Å². The first-order valence-corrected chi connectivity index (χ1v) is 3.87. The molecule has 0 spiro atoms. The summed E-state index contributed by atoms with van der Waals surface area (Å²) in [5, 5.41) is 0. The summed E-state index contributed by atoms with van der Waals surface area (Å²) >= 11 is 0. The van der Waals surface area contributed by atoms with Crippen LogP contribution in [-0.2, 0) is 9.53 Å². The molecule has 0 aromatic heterocycles. The van der Waals surface area contributed by atoms with E-state index in [4.69, 9.17) is 10.5 Å². The Labute approximate surface area is 67.9 Å². The first-order valence-electron chi connectivity index (χ1n) is 3.87. The van der Waals surface area contributed by atoms with Gasteiger partial charge in [-0.2, -0.15) is 0 Å². The number of amides is 1. The topological polar surface area (TPSA) is 52.3 Å². The lowest BCUT2D eigenvalue weighted by Crippen LogP contribution is -2.20. The van der Waals surface area contributed by atoms with E-state index in [0.717, 1.165) is 0 Å². The van der Waals surface area contributed by atoms with Gasteiger partial charge in [-0.25, -0.2) is 0 Å². The van der Waals surface area contributed by atoms with E-state index in [9.17, 15) is 4.79 Å². The third-order valence-electron chi connectivity index (χ3n) is 1.45. The summed E-state index contributed by atoms with van der Waals surface area (Å²) in [6.07, 6.45) is 2.63. The molecule has 0 aromatic rings. The summed E-state index contributed by atoms with van der Waals surface area (Å²) in [6, 6.07) is 0. The average molecular weight is 158 g/mol. The lowest BCUT2D eigenvalue weighted by molar-refractivity contribution is -0.121. The molecule has 3 nitrogen and oxygen atoms in total. The third kappa shape index (κ3) is 5.85. The van der Waals surface area contributed by atoms with Gasteiger partial charge >= 0.3 is 0 Å². The fraction of sp³-hybridized carbons (Fsp3) is 0.750. The molecule has 65 valence electrons. The Morgan fingerprint density at radius 1 is 1.73 bits per heavy atom. The number of primary amides is 1. The summed E-state index contributed by atoms with van der Waals surface area (Å²) in [5.74, 6) is -0.326. The zero-order valence-corrected chi connectivity index (χ0v) is 7.17. The Morgan fingerprint density at radius 3 is 2.82 bits per heavy atom. The molecule has 0 bridgehead atoms. The lowest BCUT2D eigenvalue weighted by Gasteiger charge is -2.05. The van der Waals surface area contributed by atoms with E-state index in [1.54, 1.807) is 0 Å². The van der Waals surface area contributed by atoms with Crippen LogP contribution in [-0.4, -0.2) is 19.1 Å². The Hall–Kier alpha value is -0.570. The average Bonchev–Trinajstić information content (AvgIpc) is 1.97. The van der Waals surface area contributed by atoms with Crippen molar-refractivity contribution in [3.05, 3.63) is 6.42 Å². The lowest BCUT2D eigenvalue weighted by atomic mass is 10.1. The molecule has 0 unspecified atom stereocenters. The number of rotatable bonds is 6. The van der Waals surface area contributed by atoms with E-state index < -0.39 is 0 Å². The van der Waals surface area contributed by atoms with Gasteiger partial charge in [0.2, 0.25) is 5.91 Å². The van der Waals surface area contributed by atoms with Crippen molar-refractivity contribution in [2.24, 2.45) is 11.7 Å². The Kier molecular flexibility index (Phi) is 5.84. The predicted molar refractivity (Wildman–Crippen MR) is 43.8 cm³/mol. The SMILES string of the molecule is CCOC[CH]C[C@H](C)C(N)=O. The van der Waals surface area contributed by atoms with Gasteiger partial charge in [-0.1, -0.05) is 6.92 Å². The molecule has 0 saturated heterocycles. The van der Waals surface area contributed by atoms with Crippen molar-refractivity contribution in [2.75, 3.05) is 13.2 Å². The van der Waals surface area contributed by atoms with Crippen LogP contribution >= 0.6 is 0 Å². The van der Waals surface area contributed by atoms with Crippen LogP contribution in [0.4, 0.5) is 0 Å². The van der Waals surface area contributed by atoms with Crippen molar-refractivity contribution in [3.8, 4) is 0 Å². The monoisotopic (exact) mass is 158 g/mol. The van der Waals surface area contributed by atoms with Gasteiger partial charge in [-0.3, -0.25) is 4.79 Å². The molecule has 0 aromatic carbocycles. The second-order valence-corrected chi connectivity index (χ2v) is 2.49. The Bertz CT molecular complexity index is 115. The number of hydrogen-bond acceptors (Lipinski definition) is 2. The number of nitrogens with two attached hydrogens (primary N) is 1. The first-order chi connectivity index (χ1) is 5.18. The number of carbonyl (C=O) groups is 1. The summed E-state index contributed by atoms with van der Waals surface area (Å²) in [7, 11) is 0. The van der Waals surface area contributed by atoms with Crippen molar-refractivity contribution in [2.45, 2.75) is 20.3 Å². The smallest absolute Gasteiger partial charge is 0.220 e. The van der Waals surface area contributed by atoms with Crippen LogP contribution < -0.4 is 5.73 Å². The molecular formula is C8H16NO2. The molecule has 11 heavy (non-hydrogen) atoms. The highest BCUT2D eigenvalue weighted by Gasteiger charge is 2.06. The second kappa shape index (κ2) is 6.16. The van der Waals surface area contributed by atoms with Gasteiger partial charge in [-0.05, 0) is 19.8 Å². The van der Waals surface area contributed by atoms with E-state index in [0.29, 0.717) is 19.6 Å². The summed E-state index contributed by atoms with van der Waals surface area (Å²) in [4.78, 5) is 10.5. The number of carbonyl (C=O) groups excluding carboxylic acids is 1. The van der Waals surface area contributed by atoms with Crippen LogP contribution in [0, 0.1) is 12.3 Å². The number of hydrogen-bond donors (Lipinski definition) is 1. The van der Waals surface area contributed by atoms with E-state index in [2.05, 4.69) is 0 Å². The molecule has 0 saturated carbocycles. The van der Waals surface area contributed by atoms with Gasteiger partial charge < -0.3 is 10.5 Å². The van der Waals surface area contributed by atoms with Gasteiger partial charge in [-0.15, -0.1) is 0 Å². The van der Waals surface area contributed by atoms with Crippen molar-refractivity contribution >= 4 is 5.91 Å². The van der Waals surface area contributed by atoms with Crippen LogP contribution in [0.2, 0.25) is 0 Å². The standard InChI is InChI=1S/C8H16NO2/c1-3-11-6-4-5-7(2)8(9)10/h4,7H,3,5-6H2,1-2H3,(H2,9,10)/t7-/m0/s1. The molecule has 1 radical (unpaired) electrons. The Morgan fingerprint density at radius 2 is 2.36 bits per heavy atom. The number of ether oxygens (including phenoxy) is 1. The largest absolute Gasteiger partial charge is 0.381 e. The Balaban J connectivity index is 3.17. The summed E-state index contributed by atoms with van der Waals surface area (Å²) in [5.41, 5.74) is 5.05. The van der Waals surface area contributed by atoms with Gasteiger partial charge in [0.1, 0.15) is 0 Å². The second-order valence-electron chi connectivity index (χ2n) is 2.49. The predicted octanol–water partition coefficient (Wildman–Crippen LogP) is 0.739. The fourth-order valence-corrected chi connectivity index (χ4v) is 0.635. The molecule has 0 aliphatic carbocycles. The molecule has 3 heteroatoms. The molecule has 1 amide bonds. The fourth-order valence-electron chi connectivity index (χ4n) is 0.635. The van der Waals surface area contributed by atoms with Crippen LogP contribution in [0.15, 0.2) is 0 Å². The highest BCUT2D eigenvalue weighted by molar-refractivity contribution is 5.76. The highest BCUT2D eigenvalue weighted by atomic mass is 16.5. The van der Waals surface area contributed by atoms with Crippen molar-refractivity contribution in [1.29, 1.82) is 0 Å². The summed E-state index contributed by atoms with van der Waals surface area (Å²) < 4.78 is 5.06. The van der Waals surface area contributed by atoms with E-state index in [1.807, 2.05) is 20.3 Å². The third-order valence-corrected chi connectivity index (χ3v) is 1.45. The van der Waals surface area contributed by atoms with Crippen LogP contribution in [0.3, 0.4) is 0 Å². The van der Waals surface area contributed by atoms with E-state index in [-0.39, 0.29) is 11.8 Å². The van der Waals surface area contributed by atoms with Crippen molar-refractivity contribution in [1.82, 2.24) is 0 Å². The van der Waals surface area contributed by atoms with Crippen LogP contribution in [0.25, 0.3) is 0 Å². The molecule has 2 N–H and O–H groups in total. The molecule has 0 aliphatic heterocycles. The maximum absolute atomic E-state index is 10.5. The zero-order chi connectivity index (χ0) is 8.69. The van der Waals surface area contributed by atoms with Gasteiger partial charge in [0, 0.05) is 19.1 Å². The van der Waals surface area contributed by atoms with Crippen molar-refractivity contribution < 1.29 is 9.53 Å². The van der Waals surface area contributed by atoms with Crippen LogP contribution in [0.5, 0.6) is 0 Å². The molecule has 0 rings (SSSR count).